The van der Waals surface area contributed by atoms with Crippen molar-refractivity contribution in [2.45, 2.75) is 19.4 Å². The molecule has 0 radical (unpaired) electrons. The summed E-state index contributed by atoms with van der Waals surface area (Å²) in [7, 11) is 4.14. The molecule has 16 heavy (non-hydrogen) atoms. The van der Waals surface area contributed by atoms with Crippen molar-refractivity contribution in [3.63, 3.8) is 0 Å². The van der Waals surface area contributed by atoms with Gasteiger partial charge in [0.15, 0.2) is 0 Å². The van der Waals surface area contributed by atoms with Crippen molar-refractivity contribution >= 4 is 5.69 Å². The van der Waals surface area contributed by atoms with Crippen molar-refractivity contribution in [2.24, 2.45) is 0 Å². The lowest BCUT2D eigenvalue weighted by Crippen LogP contribution is -2.41. The Balaban J connectivity index is 2.17. The molecule has 0 fully saturated rings. The second-order valence-corrected chi connectivity index (χ2v) is 4.44. The highest BCUT2D eigenvalue weighted by Crippen LogP contribution is 2.34. The van der Waals surface area contributed by atoms with Gasteiger partial charge in [0.05, 0.1) is 11.7 Å². The van der Waals surface area contributed by atoms with E-state index in [2.05, 4.69) is 42.4 Å². The molecule has 0 amide bonds. The monoisotopic (exact) mass is 220 g/mol. The summed E-state index contributed by atoms with van der Waals surface area (Å²) >= 11 is 0. The van der Waals surface area contributed by atoms with Crippen LogP contribution in [0, 0.1) is 6.92 Å². The van der Waals surface area contributed by atoms with Gasteiger partial charge in [0.1, 0.15) is 12.4 Å². The molecule has 1 heterocycles. The van der Waals surface area contributed by atoms with Gasteiger partial charge in [0, 0.05) is 7.05 Å². The quantitative estimate of drug-likeness (QED) is 0.840. The number of anilines is 1. The van der Waals surface area contributed by atoms with E-state index in [0.29, 0.717) is 6.04 Å². The summed E-state index contributed by atoms with van der Waals surface area (Å²) in [6.07, 6.45) is 1.11. The van der Waals surface area contributed by atoms with Crippen LogP contribution in [0.15, 0.2) is 18.2 Å². The highest BCUT2D eigenvalue weighted by Gasteiger charge is 2.23. The maximum absolute atomic E-state index is 5.79. The van der Waals surface area contributed by atoms with Gasteiger partial charge in [-0.1, -0.05) is 6.07 Å². The maximum Gasteiger partial charge on any atom is 0.142 e. The third-order valence-corrected chi connectivity index (χ3v) is 3.20. The fraction of sp³-hybridized carbons (Fsp3) is 0.538. The largest absolute Gasteiger partial charge is 0.489 e. The minimum absolute atomic E-state index is 0.474. The van der Waals surface area contributed by atoms with Gasteiger partial charge >= 0.3 is 0 Å². The van der Waals surface area contributed by atoms with Crippen LogP contribution in [0.3, 0.4) is 0 Å². The Morgan fingerprint density at radius 1 is 1.50 bits per heavy atom. The van der Waals surface area contributed by atoms with Crippen LogP contribution in [0.5, 0.6) is 5.75 Å². The van der Waals surface area contributed by atoms with E-state index in [1.165, 1.54) is 11.3 Å². The average molecular weight is 220 g/mol. The summed E-state index contributed by atoms with van der Waals surface area (Å²) in [5.41, 5.74) is 2.50. The summed E-state index contributed by atoms with van der Waals surface area (Å²) in [5.74, 6) is 1.01. The molecule has 0 spiro atoms. The van der Waals surface area contributed by atoms with Gasteiger partial charge < -0.3 is 15.0 Å². The Labute approximate surface area is 97.4 Å². The molecule has 1 atom stereocenters. The first kappa shape index (κ1) is 11.3. The van der Waals surface area contributed by atoms with Crippen molar-refractivity contribution < 1.29 is 4.74 Å². The van der Waals surface area contributed by atoms with Crippen molar-refractivity contribution in [3.05, 3.63) is 23.8 Å². The predicted molar refractivity (Wildman–Crippen MR) is 67.4 cm³/mol. The van der Waals surface area contributed by atoms with Gasteiger partial charge in [-0.2, -0.15) is 0 Å². The molecule has 1 aromatic rings. The molecular formula is C13H20N2O. The van der Waals surface area contributed by atoms with E-state index < -0.39 is 0 Å². The van der Waals surface area contributed by atoms with Crippen LogP contribution in [0.2, 0.25) is 0 Å². The lowest BCUT2D eigenvalue weighted by molar-refractivity contribution is 0.259. The molecular weight excluding hydrogens is 200 g/mol. The van der Waals surface area contributed by atoms with Gasteiger partial charge in [-0.15, -0.1) is 0 Å². The molecule has 0 aromatic heterocycles. The number of likely N-dealkylation sites (N-methyl/N-ethyl adjacent to an activating group) is 1. The summed E-state index contributed by atoms with van der Waals surface area (Å²) in [4.78, 5) is 2.34. The lowest BCUT2D eigenvalue weighted by Gasteiger charge is -2.36. The van der Waals surface area contributed by atoms with Crippen molar-refractivity contribution in [1.29, 1.82) is 0 Å². The lowest BCUT2D eigenvalue weighted by atomic mass is 10.1. The fourth-order valence-corrected chi connectivity index (χ4v) is 2.11. The first-order chi connectivity index (χ1) is 7.72. The number of hydrogen-bond acceptors (Lipinski definition) is 3. The molecule has 0 saturated carbocycles. The molecule has 1 aliphatic rings. The molecule has 1 aliphatic heterocycles. The maximum atomic E-state index is 5.79. The molecule has 0 aliphatic carbocycles. The normalized spacial score (nSPS) is 19.2. The fourth-order valence-electron chi connectivity index (χ4n) is 2.11. The Hall–Kier alpha value is -1.22. The van der Waals surface area contributed by atoms with Crippen molar-refractivity contribution in [3.8, 4) is 5.75 Å². The van der Waals surface area contributed by atoms with Crippen LogP contribution in [-0.4, -0.2) is 33.3 Å². The molecule has 3 nitrogen and oxygen atoms in total. The number of aryl methyl sites for hydroxylation is 1. The first-order valence-electron chi connectivity index (χ1n) is 5.83. The first-order valence-corrected chi connectivity index (χ1v) is 5.83. The highest BCUT2D eigenvalue weighted by molar-refractivity contribution is 5.61. The zero-order valence-corrected chi connectivity index (χ0v) is 10.3. The minimum Gasteiger partial charge on any atom is -0.489 e. The molecule has 88 valence electrons. The Bertz CT molecular complexity index is 365. The Morgan fingerprint density at radius 2 is 2.31 bits per heavy atom. The van der Waals surface area contributed by atoms with E-state index in [4.69, 9.17) is 4.74 Å². The van der Waals surface area contributed by atoms with Gasteiger partial charge in [-0.05, 0) is 44.6 Å². The molecule has 1 aromatic carbocycles. The molecule has 1 N–H and O–H groups in total. The third-order valence-electron chi connectivity index (χ3n) is 3.20. The standard InChI is InChI=1S/C13H20N2O/c1-10-4-5-13-12(8-10)15(3)11(9-16-13)6-7-14-2/h4-5,8,11,14H,6-7,9H2,1-3H3. The number of ether oxygens (including phenoxy) is 1. The van der Waals surface area contributed by atoms with E-state index in [0.717, 1.165) is 25.3 Å². The number of nitrogens with zero attached hydrogens (tertiary/aromatic N) is 1. The van der Waals surface area contributed by atoms with Gasteiger partial charge in [-0.3, -0.25) is 0 Å². The van der Waals surface area contributed by atoms with Crippen LogP contribution >= 0.6 is 0 Å². The number of fused-ring (bicyclic) bond motifs is 1. The summed E-state index contributed by atoms with van der Waals surface area (Å²) < 4.78 is 5.79. The topological polar surface area (TPSA) is 24.5 Å². The summed E-state index contributed by atoms with van der Waals surface area (Å²) in [6.45, 7) is 3.93. The van der Waals surface area contributed by atoms with Crippen molar-refractivity contribution in [2.75, 3.05) is 32.1 Å². The number of rotatable bonds is 3. The van der Waals surface area contributed by atoms with E-state index in [-0.39, 0.29) is 0 Å². The molecule has 2 rings (SSSR count). The SMILES string of the molecule is CNCCC1COc2ccc(C)cc2N1C. The van der Waals surface area contributed by atoms with Gasteiger partial charge in [-0.25, -0.2) is 0 Å². The van der Waals surface area contributed by atoms with Crippen LogP contribution in [0.25, 0.3) is 0 Å². The number of hydrogen-bond donors (Lipinski definition) is 1. The van der Waals surface area contributed by atoms with E-state index in [1.54, 1.807) is 0 Å². The molecule has 3 heteroatoms. The number of nitrogens with one attached hydrogen (secondary N) is 1. The van der Waals surface area contributed by atoms with E-state index in [9.17, 15) is 0 Å². The predicted octanol–water partition coefficient (Wildman–Crippen LogP) is 1.80. The zero-order valence-electron chi connectivity index (χ0n) is 10.3. The van der Waals surface area contributed by atoms with Gasteiger partial charge in [0.2, 0.25) is 0 Å². The van der Waals surface area contributed by atoms with Crippen LogP contribution < -0.4 is 15.0 Å². The summed E-state index contributed by atoms with van der Waals surface area (Å²) in [6, 6.07) is 6.83. The average Bonchev–Trinajstić information content (AvgIpc) is 2.29. The second-order valence-electron chi connectivity index (χ2n) is 4.44. The zero-order chi connectivity index (χ0) is 11.5. The molecule has 0 saturated heterocycles. The summed E-state index contributed by atoms with van der Waals surface area (Å²) in [5, 5.41) is 3.19. The third kappa shape index (κ3) is 2.14. The minimum atomic E-state index is 0.474. The van der Waals surface area contributed by atoms with E-state index in [1.807, 2.05) is 7.05 Å². The second kappa shape index (κ2) is 4.74. The van der Waals surface area contributed by atoms with E-state index >= 15 is 0 Å². The van der Waals surface area contributed by atoms with Crippen molar-refractivity contribution in [1.82, 2.24) is 5.32 Å². The molecule has 0 bridgehead atoms. The highest BCUT2D eigenvalue weighted by atomic mass is 16.5. The van der Waals surface area contributed by atoms with Gasteiger partial charge in [0.25, 0.3) is 0 Å². The smallest absolute Gasteiger partial charge is 0.142 e. The van der Waals surface area contributed by atoms with Crippen LogP contribution in [0.4, 0.5) is 5.69 Å². The van der Waals surface area contributed by atoms with Crippen LogP contribution in [0.1, 0.15) is 12.0 Å². The Morgan fingerprint density at radius 3 is 3.06 bits per heavy atom. The number of benzene rings is 1. The molecule has 1 unspecified atom stereocenters. The van der Waals surface area contributed by atoms with Crippen LogP contribution in [-0.2, 0) is 0 Å². The Kier molecular flexibility index (Phi) is 3.34.